The normalized spacial score (nSPS) is 26.7. The molecule has 2 fully saturated rings. The van der Waals surface area contributed by atoms with Crippen LogP contribution >= 0.6 is 0 Å². The number of para-hydroxylation sites is 2. The molecule has 2 aliphatic heterocycles. The SMILES string of the molecule is CC1(C)\C(=C/C=C/C=C/C=C/C2[NH+](CC3CCCCC3)c3ccccc3C2(C)C)N(CC2CCCCC2)c2ccccc21. The first kappa shape index (κ1) is 30.2. The molecule has 2 saturated carbocycles. The second kappa shape index (κ2) is 13.0. The Labute approximate surface area is 262 Å². The number of fused-ring (bicyclic) bond motifs is 2. The van der Waals surface area contributed by atoms with Crippen molar-refractivity contribution in [3.8, 4) is 0 Å². The second-order valence-corrected chi connectivity index (χ2v) is 14.9. The van der Waals surface area contributed by atoms with E-state index in [1.54, 1.807) is 4.90 Å². The lowest BCUT2D eigenvalue weighted by Gasteiger charge is -2.32. The van der Waals surface area contributed by atoms with Gasteiger partial charge in [-0.3, -0.25) is 4.90 Å². The summed E-state index contributed by atoms with van der Waals surface area (Å²) in [5.41, 5.74) is 7.53. The van der Waals surface area contributed by atoms with Crippen molar-refractivity contribution in [1.29, 1.82) is 0 Å². The zero-order chi connectivity index (χ0) is 29.9. The summed E-state index contributed by atoms with van der Waals surface area (Å²) in [5.74, 6) is 1.66. The first-order valence-corrected chi connectivity index (χ1v) is 17.4. The van der Waals surface area contributed by atoms with Crippen LogP contribution in [-0.2, 0) is 10.8 Å². The molecular formula is C41H55N2+. The van der Waals surface area contributed by atoms with Crippen LogP contribution in [0.4, 0.5) is 11.4 Å². The highest BCUT2D eigenvalue weighted by Crippen LogP contribution is 2.48. The fourth-order valence-corrected chi connectivity index (χ4v) is 8.87. The number of rotatable bonds is 8. The molecule has 2 heterocycles. The van der Waals surface area contributed by atoms with Crippen LogP contribution in [-0.4, -0.2) is 19.1 Å². The molecule has 2 unspecified atom stereocenters. The summed E-state index contributed by atoms with van der Waals surface area (Å²) in [6.07, 6.45) is 30.1. The van der Waals surface area contributed by atoms with Crippen LogP contribution in [0, 0.1) is 11.8 Å². The number of hydrogen-bond donors (Lipinski definition) is 1. The molecule has 2 heteroatoms. The van der Waals surface area contributed by atoms with Crippen molar-refractivity contribution in [3.05, 3.63) is 108 Å². The smallest absolute Gasteiger partial charge is 0.135 e. The molecule has 0 amide bonds. The van der Waals surface area contributed by atoms with Crippen molar-refractivity contribution in [1.82, 2.24) is 0 Å². The van der Waals surface area contributed by atoms with Gasteiger partial charge >= 0.3 is 0 Å². The summed E-state index contributed by atoms with van der Waals surface area (Å²) in [6.45, 7) is 12.1. The monoisotopic (exact) mass is 575 g/mol. The fourth-order valence-electron chi connectivity index (χ4n) is 8.87. The average Bonchev–Trinajstić information content (AvgIpc) is 3.36. The van der Waals surface area contributed by atoms with Crippen molar-refractivity contribution in [2.24, 2.45) is 11.8 Å². The zero-order valence-corrected chi connectivity index (χ0v) is 27.3. The highest BCUT2D eigenvalue weighted by atomic mass is 15.2. The first-order valence-electron chi connectivity index (χ1n) is 17.4. The van der Waals surface area contributed by atoms with Crippen molar-refractivity contribution in [2.45, 2.75) is 109 Å². The van der Waals surface area contributed by atoms with Gasteiger partial charge in [-0.25, -0.2) is 0 Å². The maximum atomic E-state index is 2.64. The van der Waals surface area contributed by atoms with E-state index in [1.807, 2.05) is 0 Å². The number of anilines is 1. The minimum atomic E-state index is 0.0207. The van der Waals surface area contributed by atoms with Crippen molar-refractivity contribution in [3.63, 3.8) is 0 Å². The van der Waals surface area contributed by atoms with E-state index in [1.165, 1.54) is 99.0 Å². The molecule has 4 aliphatic rings. The molecule has 0 aromatic heterocycles. The Kier molecular flexibility index (Phi) is 9.15. The number of hydrogen-bond acceptors (Lipinski definition) is 1. The number of nitrogens with one attached hydrogen (secondary N) is 1. The molecule has 0 radical (unpaired) electrons. The summed E-state index contributed by atoms with van der Waals surface area (Å²) in [6, 6.07) is 18.8. The fraction of sp³-hybridized carbons (Fsp3) is 0.512. The van der Waals surface area contributed by atoms with Gasteiger partial charge in [0.15, 0.2) is 0 Å². The van der Waals surface area contributed by atoms with Crippen molar-refractivity contribution in [2.75, 3.05) is 18.0 Å². The minimum Gasteiger partial charge on any atom is -0.344 e. The lowest BCUT2D eigenvalue weighted by molar-refractivity contribution is -0.854. The molecule has 1 N–H and O–H groups in total. The molecule has 228 valence electrons. The van der Waals surface area contributed by atoms with Crippen molar-refractivity contribution < 1.29 is 4.90 Å². The number of quaternary nitrogens is 1. The lowest BCUT2D eigenvalue weighted by Crippen LogP contribution is -3.11. The molecule has 2 aliphatic carbocycles. The summed E-state index contributed by atoms with van der Waals surface area (Å²) in [7, 11) is 0. The maximum Gasteiger partial charge on any atom is 0.135 e. The van der Waals surface area contributed by atoms with Gasteiger partial charge in [0.05, 0.1) is 12.0 Å². The third kappa shape index (κ3) is 6.23. The van der Waals surface area contributed by atoms with E-state index >= 15 is 0 Å². The number of nitrogens with zero attached hydrogens (tertiary/aromatic N) is 1. The summed E-state index contributed by atoms with van der Waals surface area (Å²) in [4.78, 5) is 4.32. The number of allylic oxidation sites excluding steroid dienone is 7. The van der Waals surface area contributed by atoms with Gasteiger partial charge in [0.1, 0.15) is 11.7 Å². The van der Waals surface area contributed by atoms with E-state index < -0.39 is 0 Å². The summed E-state index contributed by atoms with van der Waals surface area (Å²) in [5, 5.41) is 0. The third-order valence-electron chi connectivity index (χ3n) is 11.3. The molecule has 2 aromatic carbocycles. The highest BCUT2D eigenvalue weighted by Gasteiger charge is 2.48. The Morgan fingerprint density at radius 1 is 0.698 bits per heavy atom. The predicted octanol–water partition coefficient (Wildman–Crippen LogP) is 9.37. The Hall–Kier alpha value is -2.84. The van der Waals surface area contributed by atoms with E-state index in [0.717, 1.165) is 18.4 Å². The van der Waals surface area contributed by atoms with Gasteiger partial charge in [-0.1, -0.05) is 119 Å². The van der Waals surface area contributed by atoms with E-state index in [2.05, 4.69) is 124 Å². The van der Waals surface area contributed by atoms with Crippen LogP contribution in [0.15, 0.2) is 96.8 Å². The van der Waals surface area contributed by atoms with Gasteiger partial charge in [-0.05, 0) is 75.3 Å². The van der Waals surface area contributed by atoms with Crippen molar-refractivity contribution >= 4 is 11.4 Å². The van der Waals surface area contributed by atoms with Crippen LogP contribution in [0.25, 0.3) is 0 Å². The summed E-state index contributed by atoms with van der Waals surface area (Å²) >= 11 is 0. The molecule has 0 saturated heterocycles. The largest absolute Gasteiger partial charge is 0.344 e. The Bertz CT molecular complexity index is 1360. The van der Waals surface area contributed by atoms with Gasteiger partial charge in [0, 0.05) is 34.8 Å². The van der Waals surface area contributed by atoms with E-state index in [4.69, 9.17) is 0 Å². The van der Waals surface area contributed by atoms with Gasteiger partial charge in [-0.15, -0.1) is 0 Å². The molecular weight excluding hydrogens is 520 g/mol. The van der Waals surface area contributed by atoms with Crippen LogP contribution in [0.3, 0.4) is 0 Å². The number of benzene rings is 2. The second-order valence-electron chi connectivity index (χ2n) is 14.9. The van der Waals surface area contributed by atoms with Crippen LogP contribution < -0.4 is 9.80 Å². The molecule has 2 atom stereocenters. The third-order valence-corrected chi connectivity index (χ3v) is 11.3. The Morgan fingerprint density at radius 3 is 2.05 bits per heavy atom. The van der Waals surface area contributed by atoms with Crippen LogP contribution in [0.5, 0.6) is 0 Å². The summed E-state index contributed by atoms with van der Waals surface area (Å²) < 4.78 is 0. The molecule has 6 rings (SSSR count). The molecule has 2 nitrogen and oxygen atoms in total. The lowest BCUT2D eigenvalue weighted by atomic mass is 9.80. The van der Waals surface area contributed by atoms with Gasteiger partial charge in [0.25, 0.3) is 0 Å². The van der Waals surface area contributed by atoms with Gasteiger partial charge < -0.3 is 4.90 Å². The molecule has 0 bridgehead atoms. The molecule has 43 heavy (non-hydrogen) atoms. The quantitative estimate of drug-likeness (QED) is 0.308. The predicted molar refractivity (Wildman–Crippen MR) is 184 cm³/mol. The topological polar surface area (TPSA) is 7.68 Å². The van der Waals surface area contributed by atoms with Crippen LogP contribution in [0.1, 0.15) is 103 Å². The minimum absolute atomic E-state index is 0.0207. The maximum absolute atomic E-state index is 2.64. The van der Waals surface area contributed by atoms with Crippen LogP contribution in [0.2, 0.25) is 0 Å². The first-order chi connectivity index (χ1) is 20.9. The average molecular weight is 576 g/mol. The van der Waals surface area contributed by atoms with E-state index in [0.29, 0.717) is 6.04 Å². The van der Waals surface area contributed by atoms with E-state index in [9.17, 15) is 0 Å². The standard InChI is InChI=1S/C41H54N2/c1-40(2)34-24-16-18-26-36(34)42(30-32-20-10-8-11-21-32)38(40)28-14-6-5-7-15-29-39-41(3,4)35-25-17-19-27-37(35)43(39)31-33-22-12-9-13-23-33/h5-7,14-19,24-29,32-33,38H,8-13,20-23,30-31H2,1-4H3/p+1/b6-5+,15-7+,28-14+,39-29+. The van der Waals surface area contributed by atoms with Gasteiger partial charge in [-0.2, -0.15) is 0 Å². The highest BCUT2D eigenvalue weighted by molar-refractivity contribution is 5.70. The molecule has 0 spiro atoms. The van der Waals surface area contributed by atoms with Gasteiger partial charge in [0.2, 0.25) is 0 Å². The molecule has 2 aromatic rings. The zero-order valence-electron chi connectivity index (χ0n) is 27.3. The van der Waals surface area contributed by atoms with E-state index in [-0.39, 0.29) is 10.8 Å². The Balaban J connectivity index is 1.16. The Morgan fingerprint density at radius 2 is 1.30 bits per heavy atom.